The normalized spacial score (nSPS) is 8.73. The zero-order chi connectivity index (χ0) is 8.27. The molecule has 0 bridgehead atoms. The van der Waals surface area contributed by atoms with Gasteiger partial charge in [0, 0.05) is 0 Å². The van der Waals surface area contributed by atoms with Gasteiger partial charge >= 0.3 is 0 Å². The molecule has 0 spiro atoms. The lowest BCUT2D eigenvalue weighted by atomic mass is 9.93. The first-order valence-corrected chi connectivity index (χ1v) is 3.11. The highest BCUT2D eigenvalue weighted by Gasteiger charge is 1.96. The van der Waals surface area contributed by atoms with Crippen molar-refractivity contribution in [3.63, 3.8) is 0 Å². The van der Waals surface area contributed by atoms with Crippen LogP contribution in [0.5, 0.6) is 5.75 Å². The van der Waals surface area contributed by atoms with Crippen molar-refractivity contribution >= 4 is 13.3 Å². The van der Waals surface area contributed by atoms with Gasteiger partial charge in [0.2, 0.25) is 0 Å². The first-order chi connectivity index (χ1) is 5.27. The summed E-state index contributed by atoms with van der Waals surface area (Å²) in [7, 11) is 7.07. The van der Waals surface area contributed by atoms with Crippen molar-refractivity contribution in [2.24, 2.45) is 0 Å². The minimum atomic E-state index is 0.492. The third kappa shape index (κ3) is 1.53. The Bertz CT molecular complexity index is 303. The Morgan fingerprint density at radius 2 is 2.27 bits per heavy atom. The van der Waals surface area contributed by atoms with Crippen molar-refractivity contribution in [2.45, 2.75) is 0 Å². The third-order valence-corrected chi connectivity index (χ3v) is 1.36. The van der Waals surface area contributed by atoms with E-state index in [-0.39, 0.29) is 0 Å². The van der Waals surface area contributed by atoms with E-state index >= 15 is 0 Å². The zero-order valence-corrected chi connectivity index (χ0v) is 6.16. The number of benzene rings is 1. The zero-order valence-electron chi connectivity index (χ0n) is 6.16. The molecule has 2 radical (unpaired) electrons. The fraction of sp³-hybridized carbons (Fsp3) is 0.125. The van der Waals surface area contributed by atoms with Crippen LogP contribution in [0.2, 0.25) is 0 Å². The Hall–Kier alpha value is -1.43. The average Bonchev–Trinajstić information content (AvgIpc) is 2.04. The van der Waals surface area contributed by atoms with Crippen molar-refractivity contribution in [3.8, 4) is 11.8 Å². The van der Waals surface area contributed by atoms with Crippen LogP contribution < -0.4 is 10.2 Å². The molecule has 1 rings (SSSR count). The Morgan fingerprint density at radius 3 is 2.73 bits per heavy atom. The quantitative estimate of drug-likeness (QED) is 0.531. The van der Waals surface area contributed by atoms with Crippen LogP contribution in [0.4, 0.5) is 0 Å². The SMILES string of the molecule is [B]c1cc(C#N)ccc1OC. The summed E-state index contributed by atoms with van der Waals surface area (Å²) in [5, 5.41) is 8.48. The molecule has 0 saturated carbocycles. The lowest BCUT2D eigenvalue weighted by molar-refractivity contribution is 0.418. The van der Waals surface area contributed by atoms with Gasteiger partial charge in [-0.15, -0.1) is 0 Å². The number of methoxy groups -OCH3 is 1. The molecule has 11 heavy (non-hydrogen) atoms. The standard InChI is InChI=1S/C8H6BNO/c1-11-8-3-2-6(5-10)4-7(8)9/h2-4H,1H3. The monoisotopic (exact) mass is 143 g/mol. The maximum absolute atomic E-state index is 8.48. The van der Waals surface area contributed by atoms with Gasteiger partial charge in [-0.3, -0.25) is 0 Å². The molecule has 52 valence electrons. The van der Waals surface area contributed by atoms with Gasteiger partial charge in [0.15, 0.2) is 0 Å². The summed E-state index contributed by atoms with van der Waals surface area (Å²) in [5.41, 5.74) is 1.04. The van der Waals surface area contributed by atoms with E-state index in [4.69, 9.17) is 17.8 Å². The number of ether oxygens (including phenoxy) is 1. The van der Waals surface area contributed by atoms with Crippen LogP contribution in [0.15, 0.2) is 18.2 Å². The highest BCUT2D eigenvalue weighted by atomic mass is 16.5. The van der Waals surface area contributed by atoms with E-state index in [1.165, 1.54) is 7.11 Å². The molecule has 0 aliphatic heterocycles. The van der Waals surface area contributed by atoms with E-state index in [0.29, 0.717) is 16.8 Å². The molecule has 0 fully saturated rings. The number of nitrogens with zero attached hydrogens (tertiary/aromatic N) is 1. The van der Waals surface area contributed by atoms with Crippen LogP contribution in [0, 0.1) is 11.3 Å². The molecule has 1 aromatic carbocycles. The second kappa shape index (κ2) is 3.11. The average molecular weight is 143 g/mol. The molecule has 0 aromatic heterocycles. The summed E-state index contributed by atoms with van der Waals surface area (Å²) in [6, 6.07) is 6.90. The van der Waals surface area contributed by atoms with Crippen molar-refractivity contribution < 1.29 is 4.74 Å². The van der Waals surface area contributed by atoms with Crippen LogP contribution in [-0.2, 0) is 0 Å². The first-order valence-electron chi connectivity index (χ1n) is 3.11. The van der Waals surface area contributed by atoms with Gasteiger partial charge in [0.05, 0.1) is 18.7 Å². The van der Waals surface area contributed by atoms with E-state index < -0.39 is 0 Å². The fourth-order valence-electron chi connectivity index (χ4n) is 0.804. The lowest BCUT2D eigenvalue weighted by Gasteiger charge is -2.03. The molecule has 0 aliphatic carbocycles. The maximum Gasteiger partial charge on any atom is 0.119 e. The highest BCUT2D eigenvalue weighted by molar-refractivity contribution is 6.34. The molecule has 1 aromatic rings. The molecule has 2 nitrogen and oxygen atoms in total. The number of nitriles is 1. The minimum Gasteiger partial charge on any atom is -0.497 e. The Morgan fingerprint density at radius 1 is 1.55 bits per heavy atom. The number of hydrogen-bond acceptors (Lipinski definition) is 2. The summed E-state index contributed by atoms with van der Waals surface area (Å²) >= 11 is 0. The van der Waals surface area contributed by atoms with E-state index in [2.05, 4.69) is 0 Å². The van der Waals surface area contributed by atoms with Gasteiger partial charge in [-0.05, 0) is 18.2 Å². The predicted molar refractivity (Wildman–Crippen MR) is 43.1 cm³/mol. The Balaban J connectivity index is 3.12. The lowest BCUT2D eigenvalue weighted by Crippen LogP contribution is -2.06. The molecule has 0 N–H and O–H groups in total. The predicted octanol–water partition coefficient (Wildman–Crippen LogP) is 0.361. The number of rotatable bonds is 1. The van der Waals surface area contributed by atoms with E-state index in [1.54, 1.807) is 18.2 Å². The molecule has 3 heteroatoms. The molecular formula is C8H6BNO. The molecule has 0 atom stereocenters. The molecule has 0 saturated heterocycles. The van der Waals surface area contributed by atoms with Gasteiger partial charge in [-0.2, -0.15) is 5.26 Å². The van der Waals surface area contributed by atoms with Gasteiger partial charge in [0.25, 0.3) is 0 Å². The van der Waals surface area contributed by atoms with Gasteiger partial charge in [-0.1, -0.05) is 5.46 Å². The molecule has 0 amide bonds. The summed E-state index contributed by atoms with van der Waals surface area (Å²) in [5.74, 6) is 0.601. The third-order valence-electron chi connectivity index (χ3n) is 1.36. The topological polar surface area (TPSA) is 33.0 Å². The van der Waals surface area contributed by atoms with E-state index in [0.717, 1.165) is 0 Å². The summed E-state index contributed by atoms with van der Waals surface area (Å²) in [6.45, 7) is 0. The summed E-state index contributed by atoms with van der Waals surface area (Å²) in [6.07, 6.45) is 0. The van der Waals surface area contributed by atoms with Crippen molar-refractivity contribution in [1.82, 2.24) is 0 Å². The minimum absolute atomic E-state index is 0.492. The molecule has 0 unspecified atom stereocenters. The molecule has 0 heterocycles. The van der Waals surface area contributed by atoms with Crippen LogP contribution in [0.25, 0.3) is 0 Å². The Kier molecular flexibility index (Phi) is 2.17. The molecule has 0 aliphatic rings. The smallest absolute Gasteiger partial charge is 0.119 e. The summed E-state index contributed by atoms with van der Waals surface area (Å²) in [4.78, 5) is 0. The second-order valence-corrected chi connectivity index (χ2v) is 2.07. The molecular weight excluding hydrogens is 137 g/mol. The van der Waals surface area contributed by atoms with E-state index in [9.17, 15) is 0 Å². The first kappa shape index (κ1) is 7.68. The van der Waals surface area contributed by atoms with Crippen LogP contribution >= 0.6 is 0 Å². The fourth-order valence-corrected chi connectivity index (χ4v) is 0.804. The van der Waals surface area contributed by atoms with Gasteiger partial charge < -0.3 is 4.74 Å². The summed E-state index contributed by atoms with van der Waals surface area (Å²) < 4.78 is 4.91. The van der Waals surface area contributed by atoms with E-state index in [1.807, 2.05) is 6.07 Å². The van der Waals surface area contributed by atoms with Gasteiger partial charge in [-0.25, -0.2) is 0 Å². The van der Waals surface area contributed by atoms with Gasteiger partial charge in [0.1, 0.15) is 13.6 Å². The maximum atomic E-state index is 8.48. The van der Waals surface area contributed by atoms with Crippen molar-refractivity contribution in [1.29, 1.82) is 5.26 Å². The van der Waals surface area contributed by atoms with Crippen LogP contribution in [0.3, 0.4) is 0 Å². The van der Waals surface area contributed by atoms with Crippen molar-refractivity contribution in [3.05, 3.63) is 23.8 Å². The van der Waals surface area contributed by atoms with Crippen LogP contribution in [0.1, 0.15) is 5.56 Å². The number of hydrogen-bond donors (Lipinski definition) is 0. The second-order valence-electron chi connectivity index (χ2n) is 2.07. The van der Waals surface area contributed by atoms with Crippen molar-refractivity contribution in [2.75, 3.05) is 7.11 Å². The highest BCUT2D eigenvalue weighted by Crippen LogP contribution is 2.06. The van der Waals surface area contributed by atoms with Crippen LogP contribution in [-0.4, -0.2) is 15.0 Å². The Labute approximate surface area is 66.8 Å². The largest absolute Gasteiger partial charge is 0.497 e.